The first-order valence-corrected chi connectivity index (χ1v) is 21.5. The number of unbranched alkanes of at least 4 members (excludes halogenated alkanes) is 22. The third-order valence-electron chi connectivity index (χ3n) is 9.34. The Kier molecular flexibility index (Phi) is 36.8. The molecule has 0 amide bonds. The molecule has 0 bridgehead atoms. The van der Waals surface area contributed by atoms with E-state index < -0.39 is 10.1 Å². The van der Waals surface area contributed by atoms with E-state index in [1.165, 1.54) is 153 Å². The first-order valence-electron chi connectivity index (χ1n) is 20.1. The summed E-state index contributed by atoms with van der Waals surface area (Å²) in [5.41, 5.74) is 1.46. The normalized spacial score (nSPS) is 11.3. The van der Waals surface area contributed by atoms with Crippen LogP contribution >= 0.6 is 0 Å². The van der Waals surface area contributed by atoms with Crippen LogP contribution in [0, 0.1) is 0 Å². The summed E-state index contributed by atoms with van der Waals surface area (Å²) >= 11 is 0. The van der Waals surface area contributed by atoms with E-state index in [1.807, 2.05) is 0 Å². The molecule has 7 heteroatoms. The Hall–Kier alpha value is -0.400. The minimum atomic E-state index is -3.57. The summed E-state index contributed by atoms with van der Waals surface area (Å²) in [6.07, 6.45) is 32.4. The number of hydrogen-bond acceptors (Lipinski definition) is 3. The monoisotopic (exact) mass is 745 g/mol. The van der Waals surface area contributed by atoms with E-state index >= 15 is 0 Å². The molecule has 4 nitrogen and oxygen atoms in total. The van der Waals surface area contributed by atoms with Crippen LogP contribution in [0.25, 0.3) is 0 Å². The Morgan fingerprint density at radius 3 is 1.24 bits per heavy atom. The second-order valence-electron chi connectivity index (χ2n) is 14.7. The molecule has 0 spiro atoms. The standard InChI is InChI=1S/C25H46N.C18H30O3S.ClH.Na/c1-4-5-6-7-8-9-10-11-12-13-14-15-16-20-23-26(2,3)24-25-21-18-17-19-22-25;1-2-3-4-5-6-7-8-9-10-14-17-21-22(19,20)18-15-12-11-13-16-18;;/h17-19,21-22H,4-16,20,23-24H2,1-3H3;11-13,15-16H,2-10,14,17H2,1H3;1H;/q+1;;;/p-1. The fourth-order valence-corrected chi connectivity index (χ4v) is 7.27. The van der Waals surface area contributed by atoms with Crippen LogP contribution in [0.3, 0.4) is 0 Å². The molecule has 0 N–H and O–H groups in total. The number of benzene rings is 2. The van der Waals surface area contributed by atoms with Gasteiger partial charge in [0.15, 0.2) is 0 Å². The van der Waals surface area contributed by atoms with Gasteiger partial charge in [0.2, 0.25) is 0 Å². The van der Waals surface area contributed by atoms with Gasteiger partial charge < -0.3 is 16.9 Å². The molecule has 0 saturated heterocycles. The molecule has 2 aromatic rings. The van der Waals surface area contributed by atoms with Crippen LogP contribution in [0.5, 0.6) is 0 Å². The number of rotatable bonds is 30. The van der Waals surface area contributed by atoms with Crippen molar-refractivity contribution in [2.75, 3.05) is 27.2 Å². The van der Waals surface area contributed by atoms with E-state index in [9.17, 15) is 8.42 Å². The van der Waals surface area contributed by atoms with Crippen molar-refractivity contribution < 1.29 is 29.5 Å². The summed E-state index contributed by atoms with van der Waals surface area (Å²) < 4.78 is 29.9. The topological polar surface area (TPSA) is 43.4 Å². The van der Waals surface area contributed by atoms with Crippen LogP contribution < -0.4 is 12.4 Å². The number of quaternary nitrogens is 1. The van der Waals surface area contributed by atoms with E-state index in [1.54, 1.807) is 30.3 Å². The summed E-state index contributed by atoms with van der Waals surface area (Å²) in [6.45, 7) is 7.27. The Morgan fingerprint density at radius 1 is 0.500 bits per heavy atom. The molecule has 2 aromatic carbocycles. The predicted molar refractivity (Wildman–Crippen MR) is 215 cm³/mol. The van der Waals surface area contributed by atoms with Crippen molar-refractivity contribution in [1.82, 2.24) is 0 Å². The Balaban J connectivity index is 0. The minimum Gasteiger partial charge on any atom is -1.00 e. The van der Waals surface area contributed by atoms with Crippen LogP contribution in [0.4, 0.5) is 0 Å². The van der Waals surface area contributed by atoms with Crippen LogP contribution in [-0.4, -0.2) is 69.7 Å². The van der Waals surface area contributed by atoms with Crippen LogP contribution in [-0.2, 0) is 20.8 Å². The zero-order valence-electron chi connectivity index (χ0n) is 33.3. The zero-order chi connectivity index (χ0) is 35.0. The molecule has 0 aliphatic heterocycles. The fourth-order valence-electron chi connectivity index (χ4n) is 6.30. The summed E-state index contributed by atoms with van der Waals surface area (Å²) in [6, 6.07) is 19.3. The number of halogens is 1. The summed E-state index contributed by atoms with van der Waals surface area (Å²) in [7, 11) is 1.17. The molecule has 0 atom stereocenters. The average molecular weight is 746 g/mol. The van der Waals surface area contributed by atoms with Gasteiger partial charge in [-0.15, -0.1) is 0 Å². The molecular weight excluding hydrogens is 669 g/mol. The van der Waals surface area contributed by atoms with Gasteiger partial charge in [0, 0.05) is 35.1 Å². The van der Waals surface area contributed by atoms with Gasteiger partial charge in [0.25, 0.3) is 10.1 Å². The van der Waals surface area contributed by atoms with E-state index in [-0.39, 0.29) is 53.5 Å². The third-order valence-corrected chi connectivity index (χ3v) is 10.7. The van der Waals surface area contributed by atoms with Gasteiger partial charge in [-0.2, -0.15) is 8.42 Å². The third kappa shape index (κ3) is 31.2. The van der Waals surface area contributed by atoms with Gasteiger partial charge in [-0.3, -0.25) is 4.18 Å². The first kappa shape index (κ1) is 51.7. The average Bonchev–Trinajstić information content (AvgIpc) is 3.08. The maximum atomic E-state index is 11.9. The summed E-state index contributed by atoms with van der Waals surface area (Å²) in [5.74, 6) is 0. The van der Waals surface area contributed by atoms with Gasteiger partial charge in [0.05, 0.1) is 32.1 Å². The van der Waals surface area contributed by atoms with Gasteiger partial charge in [-0.05, 0) is 31.4 Å². The van der Waals surface area contributed by atoms with Crippen molar-refractivity contribution in [3.8, 4) is 0 Å². The minimum absolute atomic E-state index is 0. The quantitative estimate of drug-likeness (QED) is 0.0347. The van der Waals surface area contributed by atoms with Crippen molar-refractivity contribution in [3.63, 3.8) is 0 Å². The SMILES string of the molecule is CCCCCCCCCCCCCCCC[N+](C)(C)Cc1ccccc1.CCCCCCCCCCCCOS(=O)(=O)c1ccccc1.[Cl-].[Na]. The van der Waals surface area contributed by atoms with Crippen molar-refractivity contribution in [2.24, 2.45) is 0 Å². The van der Waals surface area contributed by atoms with Crippen molar-refractivity contribution in [2.45, 2.75) is 179 Å². The Morgan fingerprint density at radius 2 is 0.840 bits per heavy atom. The molecule has 285 valence electrons. The maximum absolute atomic E-state index is 11.9. The molecule has 0 aliphatic rings. The van der Waals surface area contributed by atoms with E-state index in [0.29, 0.717) is 0 Å². The Labute approximate surface area is 339 Å². The largest absolute Gasteiger partial charge is 1.00 e. The molecule has 0 aromatic heterocycles. The number of nitrogens with zero attached hydrogens (tertiary/aromatic N) is 1. The van der Waals surface area contributed by atoms with Crippen molar-refractivity contribution >= 4 is 39.7 Å². The molecule has 0 fully saturated rings. The molecule has 0 unspecified atom stereocenters. The molecule has 50 heavy (non-hydrogen) atoms. The molecule has 1 radical (unpaired) electrons. The van der Waals surface area contributed by atoms with Crippen LogP contribution in [0.1, 0.15) is 174 Å². The second-order valence-corrected chi connectivity index (χ2v) is 16.3. The zero-order valence-corrected chi connectivity index (χ0v) is 36.9. The van der Waals surface area contributed by atoms with Gasteiger partial charge in [-0.1, -0.05) is 197 Å². The van der Waals surface area contributed by atoms with Crippen molar-refractivity contribution in [3.05, 3.63) is 66.2 Å². The molecule has 0 aliphatic carbocycles. The Bertz CT molecular complexity index is 1070. The first-order chi connectivity index (χ1) is 23.3. The van der Waals surface area contributed by atoms with Gasteiger partial charge in [0.1, 0.15) is 6.54 Å². The molecule has 0 heterocycles. The summed E-state index contributed by atoms with van der Waals surface area (Å²) in [5, 5.41) is 0. The van der Waals surface area contributed by atoms with Gasteiger partial charge in [-0.25, -0.2) is 0 Å². The van der Waals surface area contributed by atoms with Crippen LogP contribution in [0.2, 0.25) is 0 Å². The molecular formula is C43H76ClNNaO3S. The smallest absolute Gasteiger partial charge is 0.296 e. The van der Waals surface area contributed by atoms with Crippen molar-refractivity contribution in [1.29, 1.82) is 0 Å². The molecule has 2 rings (SSSR count). The maximum Gasteiger partial charge on any atom is 0.296 e. The van der Waals surface area contributed by atoms with Crippen LogP contribution in [0.15, 0.2) is 65.6 Å². The van der Waals surface area contributed by atoms with E-state index in [2.05, 4.69) is 58.3 Å². The van der Waals surface area contributed by atoms with E-state index in [4.69, 9.17) is 4.18 Å². The van der Waals surface area contributed by atoms with E-state index in [0.717, 1.165) is 23.9 Å². The predicted octanol–water partition coefficient (Wildman–Crippen LogP) is 9.68. The number of hydrogen-bond donors (Lipinski definition) is 0. The fraction of sp³-hybridized carbons (Fsp3) is 0.721. The second kappa shape index (κ2) is 35.6. The molecule has 0 saturated carbocycles. The summed E-state index contributed by atoms with van der Waals surface area (Å²) in [4.78, 5) is 0.238. The van der Waals surface area contributed by atoms with Gasteiger partial charge >= 0.3 is 0 Å².